The Kier molecular flexibility index (Phi) is 6.48. The zero-order valence-corrected chi connectivity index (χ0v) is 18.7. The Morgan fingerprint density at radius 3 is 2.66 bits per heavy atom. The standard InChI is InChI=1S/C23H20F3NO3S2/c1-13-10-17(7-8-18(13)30-11-20(28)29)31-12-15-4-9-19-21(15)27-22(32-19)14-2-5-16(6-3-14)23(24,25)26/h2-3,5-8,10,15H,4,9,11-12H2,1H3,(H,28,29)/t15-/m1/s1. The number of carboxylic acids is 1. The molecule has 4 nitrogen and oxygen atoms in total. The van der Waals surface area contributed by atoms with Crippen LogP contribution in [0.4, 0.5) is 13.2 Å². The quantitative estimate of drug-likeness (QED) is 0.396. The lowest BCUT2D eigenvalue weighted by Gasteiger charge is -2.11. The number of rotatable bonds is 7. The molecule has 32 heavy (non-hydrogen) atoms. The van der Waals surface area contributed by atoms with Gasteiger partial charge in [0.15, 0.2) is 6.61 Å². The maximum Gasteiger partial charge on any atom is 0.416 e. The van der Waals surface area contributed by atoms with Gasteiger partial charge in [0, 0.05) is 27.0 Å². The van der Waals surface area contributed by atoms with E-state index in [1.54, 1.807) is 29.2 Å². The number of halogens is 3. The molecule has 0 spiro atoms. The average molecular weight is 480 g/mol. The molecular formula is C23H20F3NO3S2. The number of alkyl halides is 3. The molecule has 1 heterocycles. The van der Waals surface area contributed by atoms with E-state index >= 15 is 0 Å². The van der Waals surface area contributed by atoms with E-state index in [1.807, 2.05) is 19.1 Å². The molecule has 0 saturated heterocycles. The Hall–Kier alpha value is -2.52. The molecule has 3 aromatic rings. The van der Waals surface area contributed by atoms with Crippen LogP contribution in [0.3, 0.4) is 0 Å². The van der Waals surface area contributed by atoms with Crippen molar-refractivity contribution in [3.8, 4) is 16.3 Å². The molecule has 168 valence electrons. The van der Waals surface area contributed by atoms with Crippen LogP contribution < -0.4 is 4.74 Å². The van der Waals surface area contributed by atoms with Gasteiger partial charge in [-0.05, 0) is 55.7 Å². The van der Waals surface area contributed by atoms with Gasteiger partial charge in [-0.1, -0.05) is 12.1 Å². The molecular weight excluding hydrogens is 459 g/mol. The van der Waals surface area contributed by atoms with E-state index in [-0.39, 0.29) is 12.5 Å². The van der Waals surface area contributed by atoms with Gasteiger partial charge < -0.3 is 9.84 Å². The molecule has 0 bridgehead atoms. The number of nitrogens with zero attached hydrogens (tertiary/aromatic N) is 1. The second kappa shape index (κ2) is 9.15. The topological polar surface area (TPSA) is 59.4 Å². The van der Waals surface area contributed by atoms with Crippen LogP contribution in [0.5, 0.6) is 5.75 Å². The van der Waals surface area contributed by atoms with Crippen molar-refractivity contribution in [2.75, 3.05) is 12.4 Å². The Bertz CT molecular complexity index is 1130. The van der Waals surface area contributed by atoms with E-state index in [9.17, 15) is 18.0 Å². The van der Waals surface area contributed by atoms with Crippen molar-refractivity contribution >= 4 is 29.1 Å². The second-order valence-electron chi connectivity index (χ2n) is 7.56. The monoisotopic (exact) mass is 479 g/mol. The first-order chi connectivity index (χ1) is 15.2. The zero-order chi connectivity index (χ0) is 22.9. The van der Waals surface area contributed by atoms with Crippen molar-refractivity contribution in [1.29, 1.82) is 0 Å². The molecule has 0 radical (unpaired) electrons. The molecule has 1 aliphatic carbocycles. The summed E-state index contributed by atoms with van der Waals surface area (Å²) < 4.78 is 43.7. The van der Waals surface area contributed by atoms with Crippen LogP contribution in [0.2, 0.25) is 0 Å². The molecule has 1 aliphatic rings. The van der Waals surface area contributed by atoms with Gasteiger partial charge in [0.2, 0.25) is 0 Å². The first-order valence-corrected chi connectivity index (χ1v) is 11.8. The number of hydrogen-bond acceptors (Lipinski definition) is 5. The van der Waals surface area contributed by atoms with Crippen LogP contribution in [0.1, 0.15) is 34.0 Å². The molecule has 2 aromatic carbocycles. The van der Waals surface area contributed by atoms with Crippen molar-refractivity contribution in [1.82, 2.24) is 4.98 Å². The van der Waals surface area contributed by atoms with Gasteiger partial charge in [-0.3, -0.25) is 0 Å². The predicted molar refractivity (Wildman–Crippen MR) is 119 cm³/mol. The molecule has 9 heteroatoms. The molecule has 0 fully saturated rings. The number of thioether (sulfide) groups is 1. The van der Waals surface area contributed by atoms with Crippen molar-refractivity contribution in [3.05, 3.63) is 64.2 Å². The molecule has 4 rings (SSSR count). The third-order valence-corrected chi connectivity index (χ3v) is 7.58. The molecule has 0 aliphatic heterocycles. The number of aliphatic carboxylic acids is 1. The van der Waals surface area contributed by atoms with Crippen LogP contribution in [0, 0.1) is 6.92 Å². The number of carbonyl (C=O) groups is 1. The SMILES string of the molecule is Cc1cc(SC[C@H]2CCc3sc(-c4ccc(C(F)(F)F)cc4)nc32)ccc1OCC(=O)O. The minimum atomic E-state index is -4.34. The highest BCUT2D eigenvalue weighted by Gasteiger charge is 2.31. The number of aromatic nitrogens is 1. The molecule has 1 N–H and O–H groups in total. The summed E-state index contributed by atoms with van der Waals surface area (Å²) in [7, 11) is 0. The summed E-state index contributed by atoms with van der Waals surface area (Å²) in [5.41, 5.74) is 1.97. The molecule has 1 atom stereocenters. The normalized spacial score (nSPS) is 15.6. The number of carboxylic acid groups (broad SMARTS) is 1. The summed E-state index contributed by atoms with van der Waals surface area (Å²) in [6.07, 6.45) is -2.41. The zero-order valence-electron chi connectivity index (χ0n) is 17.1. The maximum absolute atomic E-state index is 12.8. The summed E-state index contributed by atoms with van der Waals surface area (Å²) in [6, 6.07) is 10.8. The maximum atomic E-state index is 12.8. The first-order valence-electron chi connectivity index (χ1n) is 9.96. The third kappa shape index (κ3) is 5.10. The van der Waals surface area contributed by atoms with E-state index in [0.717, 1.165) is 51.9 Å². The molecule has 0 unspecified atom stereocenters. The number of hydrogen-bond donors (Lipinski definition) is 1. The Balaban J connectivity index is 1.41. The average Bonchev–Trinajstić information content (AvgIpc) is 3.32. The van der Waals surface area contributed by atoms with E-state index in [0.29, 0.717) is 11.3 Å². The molecule has 0 amide bonds. The van der Waals surface area contributed by atoms with Gasteiger partial charge in [-0.25, -0.2) is 9.78 Å². The third-order valence-electron chi connectivity index (χ3n) is 5.24. The van der Waals surface area contributed by atoms with Crippen LogP contribution in [-0.2, 0) is 17.4 Å². The molecule has 1 aromatic heterocycles. The summed E-state index contributed by atoms with van der Waals surface area (Å²) in [5, 5.41) is 9.50. The summed E-state index contributed by atoms with van der Waals surface area (Å²) >= 11 is 3.27. The van der Waals surface area contributed by atoms with Gasteiger partial charge in [0.05, 0.1) is 11.3 Å². The molecule has 0 saturated carbocycles. The van der Waals surface area contributed by atoms with E-state index in [2.05, 4.69) is 0 Å². The second-order valence-corrected chi connectivity index (χ2v) is 9.74. The highest BCUT2D eigenvalue weighted by molar-refractivity contribution is 7.99. The summed E-state index contributed by atoms with van der Waals surface area (Å²) in [6.45, 7) is 1.51. The van der Waals surface area contributed by atoms with Crippen LogP contribution in [-0.4, -0.2) is 28.4 Å². The van der Waals surface area contributed by atoms with Gasteiger partial charge in [-0.2, -0.15) is 13.2 Å². The van der Waals surface area contributed by atoms with E-state index in [1.165, 1.54) is 17.0 Å². The Morgan fingerprint density at radius 2 is 2.00 bits per heavy atom. The largest absolute Gasteiger partial charge is 0.482 e. The number of ether oxygens (including phenoxy) is 1. The number of thiazole rings is 1. The smallest absolute Gasteiger partial charge is 0.416 e. The van der Waals surface area contributed by atoms with Crippen molar-refractivity contribution in [2.45, 2.75) is 36.8 Å². The van der Waals surface area contributed by atoms with Crippen molar-refractivity contribution in [3.63, 3.8) is 0 Å². The lowest BCUT2D eigenvalue weighted by atomic mass is 10.1. The number of fused-ring (bicyclic) bond motifs is 1. The van der Waals surface area contributed by atoms with Gasteiger partial charge in [0.25, 0.3) is 0 Å². The van der Waals surface area contributed by atoms with E-state index in [4.69, 9.17) is 14.8 Å². The summed E-state index contributed by atoms with van der Waals surface area (Å²) in [4.78, 5) is 17.7. The van der Waals surface area contributed by atoms with Gasteiger partial charge >= 0.3 is 12.1 Å². The Labute approximate surface area is 191 Å². The lowest BCUT2D eigenvalue weighted by molar-refractivity contribution is -0.139. The Morgan fingerprint density at radius 1 is 1.25 bits per heavy atom. The summed E-state index contributed by atoms with van der Waals surface area (Å²) in [5.74, 6) is 0.676. The fourth-order valence-electron chi connectivity index (χ4n) is 3.60. The van der Waals surface area contributed by atoms with Crippen LogP contribution >= 0.6 is 23.1 Å². The fourth-order valence-corrected chi connectivity index (χ4v) is 5.91. The lowest BCUT2D eigenvalue weighted by Crippen LogP contribution is -2.10. The van der Waals surface area contributed by atoms with Crippen LogP contribution in [0.25, 0.3) is 10.6 Å². The first kappa shape index (κ1) is 22.7. The fraction of sp³-hybridized carbons (Fsp3) is 0.304. The van der Waals surface area contributed by atoms with E-state index < -0.39 is 17.7 Å². The number of benzene rings is 2. The minimum Gasteiger partial charge on any atom is -0.482 e. The number of aryl methyl sites for hydroxylation is 2. The minimum absolute atomic E-state index is 0.290. The predicted octanol–water partition coefficient (Wildman–Crippen LogP) is 6.42. The van der Waals surface area contributed by atoms with Crippen LogP contribution in [0.15, 0.2) is 47.4 Å². The van der Waals surface area contributed by atoms with Gasteiger partial charge in [-0.15, -0.1) is 23.1 Å². The van der Waals surface area contributed by atoms with Gasteiger partial charge in [0.1, 0.15) is 10.8 Å². The highest BCUT2D eigenvalue weighted by Crippen LogP contribution is 2.42. The van der Waals surface area contributed by atoms with Crippen molar-refractivity contribution < 1.29 is 27.8 Å². The highest BCUT2D eigenvalue weighted by atomic mass is 32.2. The van der Waals surface area contributed by atoms with Crippen molar-refractivity contribution in [2.24, 2.45) is 0 Å².